The van der Waals surface area contributed by atoms with Crippen molar-refractivity contribution < 1.29 is 4.79 Å². The highest BCUT2D eigenvalue weighted by Gasteiger charge is 2.30. The summed E-state index contributed by atoms with van der Waals surface area (Å²) in [5, 5.41) is 4.47. The Morgan fingerprint density at radius 1 is 1.33 bits per heavy atom. The third kappa shape index (κ3) is 3.68. The van der Waals surface area contributed by atoms with Crippen molar-refractivity contribution in [3.8, 4) is 0 Å². The molecule has 2 aliphatic rings. The first-order valence-corrected chi connectivity index (χ1v) is 11.2. The smallest absolute Gasteiger partial charge is 0.225 e. The van der Waals surface area contributed by atoms with Crippen molar-refractivity contribution in [2.45, 2.75) is 71.8 Å². The Labute approximate surface area is 165 Å². The predicted octanol–water partition coefficient (Wildman–Crippen LogP) is 4.01. The lowest BCUT2D eigenvalue weighted by molar-refractivity contribution is -0.125. The van der Waals surface area contributed by atoms with E-state index in [2.05, 4.69) is 24.1 Å². The maximum atomic E-state index is 12.8. The van der Waals surface area contributed by atoms with Crippen LogP contribution < -0.4 is 10.2 Å². The minimum Gasteiger partial charge on any atom is -0.355 e. The van der Waals surface area contributed by atoms with Crippen LogP contribution in [-0.4, -0.2) is 35.0 Å². The maximum Gasteiger partial charge on any atom is 0.225 e. The highest BCUT2D eigenvalue weighted by Crippen LogP contribution is 2.41. The third-order valence-corrected chi connectivity index (χ3v) is 7.05. The van der Waals surface area contributed by atoms with Gasteiger partial charge in [0.25, 0.3) is 0 Å². The molecule has 0 bridgehead atoms. The fourth-order valence-corrected chi connectivity index (χ4v) is 5.86. The summed E-state index contributed by atoms with van der Waals surface area (Å²) in [5.74, 6) is 2.16. The molecule has 0 saturated carbocycles. The van der Waals surface area contributed by atoms with Gasteiger partial charge in [0.05, 0.1) is 11.3 Å². The van der Waals surface area contributed by atoms with Crippen LogP contribution in [0.5, 0.6) is 0 Å². The number of carbonyl (C=O) groups excluding carboxylic acids is 1. The number of hydrogen-bond acceptors (Lipinski definition) is 5. The van der Waals surface area contributed by atoms with E-state index in [1.54, 1.807) is 0 Å². The minimum absolute atomic E-state index is 0.0510. The van der Waals surface area contributed by atoms with Crippen LogP contribution in [0, 0.1) is 12.8 Å². The molecule has 4 rings (SSSR count). The van der Waals surface area contributed by atoms with Crippen LogP contribution in [0.3, 0.4) is 0 Å². The monoisotopic (exact) mass is 386 g/mol. The topological polar surface area (TPSA) is 58.1 Å². The first-order chi connectivity index (χ1) is 13.1. The van der Waals surface area contributed by atoms with Gasteiger partial charge in [-0.2, -0.15) is 0 Å². The number of thiophene rings is 1. The first-order valence-electron chi connectivity index (χ1n) is 10.4. The molecular formula is C21H30N4OS. The number of hydrogen-bond donors (Lipinski definition) is 1. The van der Waals surface area contributed by atoms with E-state index in [0.717, 1.165) is 61.7 Å². The average molecular weight is 387 g/mol. The molecule has 1 amide bonds. The molecule has 1 saturated heterocycles. The Balaban J connectivity index is 1.59. The summed E-state index contributed by atoms with van der Waals surface area (Å²) in [6.45, 7) is 7.99. The molecule has 2 aromatic rings. The molecule has 5 nitrogen and oxygen atoms in total. The van der Waals surface area contributed by atoms with E-state index in [4.69, 9.17) is 9.97 Å². The highest BCUT2D eigenvalue weighted by atomic mass is 32.1. The van der Waals surface area contributed by atoms with Crippen LogP contribution in [0.2, 0.25) is 0 Å². The summed E-state index contributed by atoms with van der Waals surface area (Å²) in [6.07, 6.45) is 7.70. The third-order valence-electron chi connectivity index (χ3n) is 5.86. The van der Waals surface area contributed by atoms with Gasteiger partial charge >= 0.3 is 0 Å². The van der Waals surface area contributed by atoms with Gasteiger partial charge in [0.1, 0.15) is 16.5 Å². The van der Waals surface area contributed by atoms with Gasteiger partial charge in [-0.05, 0) is 57.9 Å². The molecule has 2 unspecified atom stereocenters. The summed E-state index contributed by atoms with van der Waals surface area (Å²) in [7, 11) is 0. The van der Waals surface area contributed by atoms with E-state index in [1.165, 1.54) is 28.7 Å². The molecule has 2 atom stereocenters. The largest absolute Gasteiger partial charge is 0.355 e. The molecule has 1 N–H and O–H groups in total. The Morgan fingerprint density at radius 3 is 3.00 bits per heavy atom. The number of rotatable bonds is 5. The van der Waals surface area contributed by atoms with Gasteiger partial charge in [0.15, 0.2) is 0 Å². The molecule has 1 aliphatic carbocycles. The summed E-state index contributed by atoms with van der Waals surface area (Å²) in [5.41, 5.74) is 1.47. The van der Waals surface area contributed by atoms with E-state index in [0.29, 0.717) is 0 Å². The van der Waals surface area contributed by atoms with Crippen LogP contribution in [0.4, 0.5) is 5.82 Å². The number of piperidine rings is 1. The molecule has 1 aliphatic heterocycles. The van der Waals surface area contributed by atoms with Crippen LogP contribution in [0.15, 0.2) is 0 Å². The van der Waals surface area contributed by atoms with Crippen LogP contribution in [-0.2, 0) is 17.6 Å². The van der Waals surface area contributed by atoms with Crippen molar-refractivity contribution in [1.29, 1.82) is 0 Å². The average Bonchev–Trinajstić information content (AvgIpc) is 3.22. The number of nitrogens with zero attached hydrogens (tertiary/aromatic N) is 3. The molecule has 146 valence electrons. The summed E-state index contributed by atoms with van der Waals surface area (Å²) in [4.78, 5) is 27.3. The molecule has 6 heteroatoms. The Morgan fingerprint density at radius 2 is 2.19 bits per heavy atom. The van der Waals surface area contributed by atoms with Crippen LogP contribution in [0.1, 0.15) is 62.2 Å². The Bertz CT molecular complexity index is 846. The first kappa shape index (κ1) is 18.7. The van der Waals surface area contributed by atoms with Gasteiger partial charge in [0, 0.05) is 24.0 Å². The maximum absolute atomic E-state index is 12.8. The SMILES string of the molecule is CCCC(C)NC(=O)C1CCCN(c2nc(C)nc3sc4c(c23)CCC4)C1. The van der Waals surface area contributed by atoms with E-state index < -0.39 is 0 Å². The van der Waals surface area contributed by atoms with Crippen LogP contribution in [0.25, 0.3) is 10.2 Å². The highest BCUT2D eigenvalue weighted by molar-refractivity contribution is 7.19. The zero-order valence-electron chi connectivity index (χ0n) is 16.7. The number of anilines is 1. The molecule has 27 heavy (non-hydrogen) atoms. The standard InChI is InChI=1S/C21H30N4OS/c1-4-7-13(2)22-20(26)15-8-6-11-25(12-15)19-18-16-9-5-10-17(16)27-21(18)24-14(3)23-19/h13,15H,4-12H2,1-3H3,(H,22,26). The van der Waals surface area contributed by atoms with Crippen molar-refractivity contribution in [3.63, 3.8) is 0 Å². The lowest BCUT2D eigenvalue weighted by Gasteiger charge is -2.34. The molecule has 0 spiro atoms. The fourth-order valence-electron chi connectivity index (χ4n) is 4.56. The van der Waals surface area contributed by atoms with Gasteiger partial charge in [-0.15, -0.1) is 11.3 Å². The molecule has 0 radical (unpaired) electrons. The molecule has 3 heterocycles. The zero-order valence-corrected chi connectivity index (χ0v) is 17.5. The fraction of sp³-hybridized carbons (Fsp3) is 0.667. The normalized spacial score (nSPS) is 20.7. The molecule has 2 aromatic heterocycles. The summed E-state index contributed by atoms with van der Waals surface area (Å²) in [6, 6.07) is 0.256. The number of fused-ring (bicyclic) bond motifs is 3. The van der Waals surface area contributed by atoms with E-state index in [-0.39, 0.29) is 17.9 Å². The summed E-state index contributed by atoms with van der Waals surface area (Å²) >= 11 is 1.84. The molecule has 1 fully saturated rings. The van der Waals surface area contributed by atoms with Crippen molar-refractivity contribution in [1.82, 2.24) is 15.3 Å². The van der Waals surface area contributed by atoms with Crippen LogP contribution >= 0.6 is 11.3 Å². The second-order valence-electron chi connectivity index (χ2n) is 8.12. The lowest BCUT2D eigenvalue weighted by Crippen LogP contribution is -2.45. The van der Waals surface area contributed by atoms with Gasteiger partial charge in [-0.1, -0.05) is 13.3 Å². The second kappa shape index (κ2) is 7.74. The number of amides is 1. The number of nitrogens with one attached hydrogen (secondary N) is 1. The quantitative estimate of drug-likeness (QED) is 0.843. The van der Waals surface area contributed by atoms with Gasteiger partial charge in [-0.25, -0.2) is 9.97 Å². The van der Waals surface area contributed by atoms with Gasteiger partial charge in [-0.3, -0.25) is 4.79 Å². The second-order valence-corrected chi connectivity index (χ2v) is 9.20. The van der Waals surface area contributed by atoms with Gasteiger partial charge < -0.3 is 10.2 Å². The predicted molar refractivity (Wildman–Crippen MR) is 112 cm³/mol. The van der Waals surface area contributed by atoms with E-state index in [1.807, 2.05) is 18.3 Å². The minimum atomic E-state index is 0.0510. The number of carbonyl (C=O) groups is 1. The van der Waals surface area contributed by atoms with Crippen molar-refractivity contribution in [3.05, 3.63) is 16.3 Å². The number of aromatic nitrogens is 2. The van der Waals surface area contributed by atoms with E-state index in [9.17, 15) is 4.79 Å². The summed E-state index contributed by atoms with van der Waals surface area (Å²) < 4.78 is 0. The van der Waals surface area contributed by atoms with Crippen molar-refractivity contribution in [2.75, 3.05) is 18.0 Å². The molecular weight excluding hydrogens is 356 g/mol. The van der Waals surface area contributed by atoms with Crippen molar-refractivity contribution in [2.24, 2.45) is 5.92 Å². The Kier molecular flexibility index (Phi) is 5.35. The van der Waals surface area contributed by atoms with Gasteiger partial charge in [0.2, 0.25) is 5.91 Å². The Hall–Kier alpha value is -1.69. The molecule has 0 aromatic carbocycles. The lowest BCUT2D eigenvalue weighted by atomic mass is 9.96. The van der Waals surface area contributed by atoms with E-state index >= 15 is 0 Å². The van der Waals surface area contributed by atoms with Crippen molar-refractivity contribution >= 4 is 33.3 Å². The number of aryl methyl sites for hydroxylation is 3. The zero-order chi connectivity index (χ0) is 19.0.